The fraction of sp³-hybridized carbons (Fsp3) is 0.227. The van der Waals surface area contributed by atoms with Crippen LogP contribution < -0.4 is 0 Å². The maximum Gasteiger partial charge on any atom is 0.191 e. The molecular weight excluding hydrogens is 400 g/mol. The minimum atomic E-state index is 0.116. The predicted molar refractivity (Wildman–Crippen MR) is 119 cm³/mol. The van der Waals surface area contributed by atoms with Gasteiger partial charge < -0.3 is 9.13 Å². The van der Waals surface area contributed by atoms with Crippen molar-refractivity contribution < 1.29 is 4.79 Å². The molecule has 0 N–H and O–H groups in total. The lowest BCUT2D eigenvalue weighted by Crippen LogP contribution is -2.07. The summed E-state index contributed by atoms with van der Waals surface area (Å²) in [6.07, 6.45) is 0. The Morgan fingerprint density at radius 2 is 1.90 bits per heavy atom. The number of aromatic nitrogens is 4. The van der Waals surface area contributed by atoms with Gasteiger partial charge in [0.05, 0.1) is 12.3 Å². The van der Waals surface area contributed by atoms with Crippen LogP contribution in [0.15, 0.2) is 59.1 Å². The summed E-state index contributed by atoms with van der Waals surface area (Å²) in [7, 11) is 1.93. The van der Waals surface area contributed by atoms with Crippen molar-refractivity contribution in [2.75, 3.05) is 5.75 Å². The molecule has 3 heterocycles. The normalized spacial score (nSPS) is 11.1. The van der Waals surface area contributed by atoms with Crippen molar-refractivity contribution in [1.29, 1.82) is 0 Å². The Kier molecular flexibility index (Phi) is 5.69. The molecule has 3 aromatic heterocycles. The van der Waals surface area contributed by atoms with Gasteiger partial charge in [0, 0.05) is 34.4 Å². The summed E-state index contributed by atoms with van der Waals surface area (Å²) in [5.74, 6) is 1.25. The molecule has 4 rings (SSSR count). The summed E-state index contributed by atoms with van der Waals surface area (Å²) in [6.45, 7) is 4.88. The molecular formula is C22H22N4OS2. The smallest absolute Gasteiger partial charge is 0.191 e. The maximum atomic E-state index is 12.9. The zero-order chi connectivity index (χ0) is 20.4. The Labute approximate surface area is 178 Å². The van der Waals surface area contributed by atoms with Gasteiger partial charge in [-0.3, -0.25) is 4.79 Å². The number of thioether (sulfide) groups is 1. The first-order valence-corrected chi connectivity index (χ1v) is 11.2. The van der Waals surface area contributed by atoms with Gasteiger partial charge in [0.15, 0.2) is 16.8 Å². The third-order valence-corrected chi connectivity index (χ3v) is 6.85. The van der Waals surface area contributed by atoms with Crippen LogP contribution in [0.3, 0.4) is 0 Å². The van der Waals surface area contributed by atoms with Crippen LogP contribution in [0.4, 0.5) is 0 Å². The predicted octanol–water partition coefficient (Wildman–Crippen LogP) is 4.99. The van der Waals surface area contributed by atoms with Gasteiger partial charge in [0.1, 0.15) is 0 Å². The van der Waals surface area contributed by atoms with Crippen molar-refractivity contribution in [1.82, 2.24) is 19.3 Å². The van der Waals surface area contributed by atoms with Crippen molar-refractivity contribution in [2.45, 2.75) is 25.5 Å². The fourth-order valence-electron chi connectivity index (χ4n) is 3.37. The number of nitrogens with zero attached hydrogens (tertiary/aromatic N) is 4. The van der Waals surface area contributed by atoms with Gasteiger partial charge in [-0.25, -0.2) is 0 Å². The van der Waals surface area contributed by atoms with Gasteiger partial charge in [0.2, 0.25) is 0 Å². The third-order valence-electron chi connectivity index (χ3n) is 4.97. The molecule has 0 aliphatic heterocycles. The molecule has 0 saturated carbocycles. The summed E-state index contributed by atoms with van der Waals surface area (Å²) >= 11 is 3.16. The van der Waals surface area contributed by atoms with Crippen LogP contribution in [0, 0.1) is 13.8 Å². The second-order valence-corrected chi connectivity index (χ2v) is 8.87. The molecule has 0 radical (unpaired) electrons. The Morgan fingerprint density at radius 1 is 1.10 bits per heavy atom. The Bertz CT molecular complexity index is 1130. The van der Waals surface area contributed by atoms with E-state index >= 15 is 0 Å². The lowest BCUT2D eigenvalue weighted by molar-refractivity contribution is 0.102. The number of carbonyl (C=O) groups is 1. The number of rotatable bonds is 7. The SMILES string of the molecule is Cc1cc(C(=O)CSc2nnc(-c3ccccc3)n2C)c(C)n1Cc1cccs1. The number of hydrogen-bond acceptors (Lipinski definition) is 5. The molecule has 0 unspecified atom stereocenters. The summed E-state index contributed by atoms with van der Waals surface area (Å²) in [5, 5.41) is 11.4. The summed E-state index contributed by atoms with van der Waals surface area (Å²) in [4.78, 5) is 14.2. The largest absolute Gasteiger partial charge is 0.343 e. The quantitative estimate of drug-likeness (QED) is 0.311. The van der Waals surface area contributed by atoms with E-state index in [-0.39, 0.29) is 5.78 Å². The molecule has 0 aliphatic rings. The van der Waals surface area contributed by atoms with Gasteiger partial charge in [-0.15, -0.1) is 21.5 Å². The van der Waals surface area contributed by atoms with E-state index in [1.54, 1.807) is 11.3 Å². The number of aryl methyl sites for hydroxylation is 1. The van der Waals surface area contributed by atoms with E-state index in [1.807, 2.05) is 54.9 Å². The van der Waals surface area contributed by atoms with Gasteiger partial charge in [-0.1, -0.05) is 48.2 Å². The fourth-order valence-corrected chi connectivity index (χ4v) is 4.86. The van der Waals surface area contributed by atoms with Crippen molar-refractivity contribution in [3.63, 3.8) is 0 Å². The number of thiophene rings is 1. The first kappa shape index (κ1) is 19.7. The van der Waals surface area contributed by atoms with Crippen LogP contribution in [0.1, 0.15) is 26.6 Å². The molecule has 5 nitrogen and oxygen atoms in total. The average molecular weight is 423 g/mol. The summed E-state index contributed by atoms with van der Waals surface area (Å²) in [6, 6.07) is 16.1. The number of hydrogen-bond donors (Lipinski definition) is 0. The van der Waals surface area contributed by atoms with Crippen molar-refractivity contribution >= 4 is 28.9 Å². The molecule has 0 fully saturated rings. The highest BCUT2D eigenvalue weighted by Gasteiger charge is 2.18. The summed E-state index contributed by atoms with van der Waals surface area (Å²) < 4.78 is 4.15. The van der Waals surface area contributed by atoms with Crippen LogP contribution in [-0.2, 0) is 13.6 Å². The molecule has 4 aromatic rings. The van der Waals surface area contributed by atoms with E-state index in [0.717, 1.165) is 40.0 Å². The molecule has 0 bridgehead atoms. The number of benzene rings is 1. The van der Waals surface area contributed by atoms with Crippen LogP contribution in [0.5, 0.6) is 0 Å². The first-order valence-electron chi connectivity index (χ1n) is 9.34. The third kappa shape index (κ3) is 4.06. The Hall–Kier alpha value is -2.64. The zero-order valence-corrected chi connectivity index (χ0v) is 18.3. The Morgan fingerprint density at radius 3 is 2.62 bits per heavy atom. The van der Waals surface area contributed by atoms with Crippen LogP contribution >= 0.6 is 23.1 Å². The number of carbonyl (C=O) groups excluding carboxylic acids is 1. The molecule has 29 heavy (non-hydrogen) atoms. The first-order chi connectivity index (χ1) is 14.0. The monoisotopic (exact) mass is 422 g/mol. The maximum absolute atomic E-state index is 12.9. The second-order valence-electron chi connectivity index (χ2n) is 6.89. The standard InChI is InChI=1S/C22H22N4OS2/c1-15-12-19(16(2)26(15)13-18-10-7-11-28-18)20(27)14-29-22-24-23-21(25(22)3)17-8-5-4-6-9-17/h4-12H,13-14H2,1-3H3. The van der Waals surface area contributed by atoms with Crippen LogP contribution in [-0.4, -0.2) is 30.9 Å². The highest BCUT2D eigenvalue weighted by molar-refractivity contribution is 7.99. The number of Topliss-reactive ketones (excluding diaryl/α,β-unsaturated/α-hetero) is 1. The van der Waals surface area contributed by atoms with Gasteiger partial charge in [-0.05, 0) is 31.4 Å². The number of ketones is 1. The highest BCUT2D eigenvalue weighted by Crippen LogP contribution is 2.25. The molecule has 7 heteroatoms. The molecule has 0 spiro atoms. The Balaban J connectivity index is 1.48. The molecule has 148 valence electrons. The van der Waals surface area contributed by atoms with E-state index in [4.69, 9.17) is 0 Å². The van der Waals surface area contributed by atoms with Crippen LogP contribution in [0.25, 0.3) is 11.4 Å². The van der Waals surface area contributed by atoms with Crippen molar-refractivity contribution in [3.05, 3.63) is 75.7 Å². The second kappa shape index (κ2) is 8.39. The summed E-state index contributed by atoms with van der Waals surface area (Å²) in [5.41, 5.74) is 3.92. The van der Waals surface area contributed by atoms with E-state index < -0.39 is 0 Å². The molecule has 0 amide bonds. The van der Waals surface area contributed by atoms with Crippen molar-refractivity contribution in [3.8, 4) is 11.4 Å². The average Bonchev–Trinajstić information content (AvgIpc) is 3.44. The van der Waals surface area contributed by atoms with Crippen LogP contribution in [0.2, 0.25) is 0 Å². The van der Waals surface area contributed by atoms with Gasteiger partial charge in [-0.2, -0.15) is 0 Å². The topological polar surface area (TPSA) is 52.7 Å². The van der Waals surface area contributed by atoms with Gasteiger partial charge in [0.25, 0.3) is 0 Å². The van der Waals surface area contributed by atoms with Gasteiger partial charge >= 0.3 is 0 Å². The molecule has 0 atom stereocenters. The minimum absolute atomic E-state index is 0.116. The van der Waals surface area contributed by atoms with E-state index in [0.29, 0.717) is 5.75 Å². The highest BCUT2D eigenvalue weighted by atomic mass is 32.2. The van der Waals surface area contributed by atoms with E-state index in [2.05, 4.69) is 39.2 Å². The molecule has 1 aromatic carbocycles. The molecule has 0 aliphatic carbocycles. The van der Waals surface area contributed by atoms with E-state index in [9.17, 15) is 4.79 Å². The zero-order valence-electron chi connectivity index (χ0n) is 16.6. The van der Waals surface area contributed by atoms with E-state index in [1.165, 1.54) is 16.6 Å². The lowest BCUT2D eigenvalue weighted by atomic mass is 10.2. The molecule has 0 saturated heterocycles. The minimum Gasteiger partial charge on any atom is -0.343 e. The lowest BCUT2D eigenvalue weighted by Gasteiger charge is -2.08. The van der Waals surface area contributed by atoms with Crippen molar-refractivity contribution in [2.24, 2.45) is 7.05 Å².